The zero-order chi connectivity index (χ0) is 14.5. The Morgan fingerprint density at radius 2 is 1.95 bits per heavy atom. The van der Waals surface area contributed by atoms with Crippen LogP contribution in [0.2, 0.25) is 0 Å². The lowest BCUT2D eigenvalue weighted by Gasteiger charge is -2.06. The van der Waals surface area contributed by atoms with Crippen LogP contribution in [0.3, 0.4) is 0 Å². The molecule has 3 nitrogen and oxygen atoms in total. The lowest BCUT2D eigenvalue weighted by atomic mass is 10.2. The maximum absolute atomic E-state index is 12.8. The fraction of sp³-hybridized carbons (Fsp3) is 0.375. The molecule has 0 fully saturated rings. The summed E-state index contributed by atoms with van der Waals surface area (Å²) in [6, 6.07) is 8.35. The molecule has 108 valence electrons. The van der Waals surface area contributed by atoms with Crippen LogP contribution < -0.4 is 10.1 Å². The third kappa shape index (κ3) is 4.10. The fourth-order valence-electron chi connectivity index (χ4n) is 1.82. The first kappa shape index (κ1) is 14.6. The SMILES string of the molecule is Cc1cc(COc2ccc(F)cc2)oc1CNC(C)C. The molecule has 0 radical (unpaired) electrons. The number of aryl methyl sites for hydroxylation is 1. The molecule has 20 heavy (non-hydrogen) atoms. The lowest BCUT2D eigenvalue weighted by Crippen LogP contribution is -2.21. The smallest absolute Gasteiger partial charge is 0.146 e. The highest BCUT2D eigenvalue weighted by molar-refractivity contribution is 5.23. The van der Waals surface area contributed by atoms with Crippen molar-refractivity contribution in [2.75, 3.05) is 0 Å². The van der Waals surface area contributed by atoms with Gasteiger partial charge in [0.15, 0.2) is 0 Å². The summed E-state index contributed by atoms with van der Waals surface area (Å²) in [7, 11) is 0. The van der Waals surface area contributed by atoms with Crippen molar-refractivity contribution in [1.29, 1.82) is 0 Å². The van der Waals surface area contributed by atoms with Crippen molar-refractivity contribution in [3.8, 4) is 5.75 Å². The minimum atomic E-state index is -0.270. The van der Waals surface area contributed by atoms with Crippen LogP contribution in [0.25, 0.3) is 0 Å². The zero-order valence-electron chi connectivity index (χ0n) is 12.1. The standard InChI is InChI=1S/C16H20FNO2/c1-11(2)18-9-16-12(3)8-15(20-16)10-19-14-6-4-13(17)5-7-14/h4-8,11,18H,9-10H2,1-3H3. The monoisotopic (exact) mass is 277 g/mol. The number of benzene rings is 1. The molecule has 0 aliphatic rings. The molecular weight excluding hydrogens is 257 g/mol. The molecule has 2 rings (SSSR count). The molecule has 1 aromatic heterocycles. The quantitative estimate of drug-likeness (QED) is 0.872. The normalized spacial score (nSPS) is 11.1. The number of rotatable bonds is 6. The van der Waals surface area contributed by atoms with E-state index in [-0.39, 0.29) is 5.82 Å². The molecule has 1 N–H and O–H groups in total. The Morgan fingerprint density at radius 3 is 2.60 bits per heavy atom. The summed E-state index contributed by atoms with van der Waals surface area (Å²) in [6.45, 7) is 7.25. The van der Waals surface area contributed by atoms with Crippen molar-refractivity contribution >= 4 is 0 Å². The second-order valence-electron chi connectivity index (χ2n) is 5.10. The first-order valence-corrected chi connectivity index (χ1v) is 6.74. The molecule has 0 atom stereocenters. The van der Waals surface area contributed by atoms with Gasteiger partial charge in [0.05, 0.1) is 6.54 Å². The molecule has 0 bridgehead atoms. The minimum Gasteiger partial charge on any atom is -0.486 e. The first-order valence-electron chi connectivity index (χ1n) is 6.74. The van der Waals surface area contributed by atoms with E-state index >= 15 is 0 Å². The topological polar surface area (TPSA) is 34.4 Å². The Bertz CT molecular complexity index is 546. The number of ether oxygens (including phenoxy) is 1. The zero-order valence-corrected chi connectivity index (χ0v) is 12.1. The molecule has 0 spiro atoms. The molecule has 2 aromatic rings. The summed E-state index contributed by atoms with van der Waals surface area (Å²) in [6.07, 6.45) is 0. The Hall–Kier alpha value is -1.81. The van der Waals surface area contributed by atoms with Gasteiger partial charge in [0.1, 0.15) is 29.7 Å². The van der Waals surface area contributed by atoms with Gasteiger partial charge in [-0.2, -0.15) is 0 Å². The van der Waals surface area contributed by atoms with Crippen LogP contribution in [0.5, 0.6) is 5.75 Å². The number of nitrogens with one attached hydrogen (secondary N) is 1. The average Bonchev–Trinajstić information content (AvgIpc) is 2.76. The van der Waals surface area contributed by atoms with E-state index in [2.05, 4.69) is 19.2 Å². The van der Waals surface area contributed by atoms with Gasteiger partial charge in [-0.1, -0.05) is 13.8 Å². The lowest BCUT2D eigenvalue weighted by molar-refractivity contribution is 0.264. The molecule has 0 aliphatic heterocycles. The van der Waals surface area contributed by atoms with Gasteiger partial charge < -0.3 is 14.5 Å². The van der Waals surface area contributed by atoms with Gasteiger partial charge in [-0.25, -0.2) is 4.39 Å². The Labute approximate surface area is 118 Å². The van der Waals surface area contributed by atoms with Crippen molar-refractivity contribution in [2.24, 2.45) is 0 Å². The Morgan fingerprint density at radius 1 is 1.25 bits per heavy atom. The van der Waals surface area contributed by atoms with E-state index < -0.39 is 0 Å². The van der Waals surface area contributed by atoms with Gasteiger partial charge in [-0.15, -0.1) is 0 Å². The maximum Gasteiger partial charge on any atom is 0.146 e. The van der Waals surface area contributed by atoms with Crippen LogP contribution >= 0.6 is 0 Å². The summed E-state index contributed by atoms with van der Waals surface area (Å²) in [4.78, 5) is 0. The van der Waals surface area contributed by atoms with Crippen molar-refractivity contribution in [3.05, 3.63) is 53.2 Å². The van der Waals surface area contributed by atoms with Crippen LogP contribution in [0.1, 0.15) is 30.9 Å². The van der Waals surface area contributed by atoms with Gasteiger partial charge in [0, 0.05) is 6.04 Å². The Balaban J connectivity index is 1.93. The number of furan rings is 1. The molecule has 4 heteroatoms. The third-order valence-corrected chi connectivity index (χ3v) is 2.94. The maximum atomic E-state index is 12.8. The van der Waals surface area contributed by atoms with Gasteiger partial charge in [0.25, 0.3) is 0 Å². The van der Waals surface area contributed by atoms with Crippen molar-refractivity contribution < 1.29 is 13.5 Å². The second-order valence-corrected chi connectivity index (χ2v) is 5.10. The van der Waals surface area contributed by atoms with Crippen LogP contribution in [-0.4, -0.2) is 6.04 Å². The van der Waals surface area contributed by atoms with Crippen LogP contribution in [0, 0.1) is 12.7 Å². The summed E-state index contributed by atoms with van der Waals surface area (Å²) in [5.41, 5.74) is 1.11. The second kappa shape index (κ2) is 6.57. The van der Waals surface area contributed by atoms with Gasteiger partial charge in [0.2, 0.25) is 0 Å². The van der Waals surface area contributed by atoms with Crippen LogP contribution in [0.15, 0.2) is 34.7 Å². The largest absolute Gasteiger partial charge is 0.486 e. The number of halogens is 1. The van der Waals surface area contributed by atoms with Crippen LogP contribution in [0.4, 0.5) is 4.39 Å². The average molecular weight is 277 g/mol. The third-order valence-electron chi connectivity index (χ3n) is 2.94. The van der Waals surface area contributed by atoms with Crippen LogP contribution in [-0.2, 0) is 13.2 Å². The molecule has 0 saturated heterocycles. The summed E-state index contributed by atoms with van der Waals surface area (Å²) >= 11 is 0. The molecular formula is C16H20FNO2. The molecule has 0 saturated carbocycles. The predicted molar refractivity (Wildman–Crippen MR) is 76.2 cm³/mol. The molecule has 1 aromatic carbocycles. The summed E-state index contributed by atoms with van der Waals surface area (Å²) < 4.78 is 24.1. The van der Waals surface area contributed by atoms with Crippen molar-refractivity contribution in [2.45, 2.75) is 40.0 Å². The van der Waals surface area contributed by atoms with E-state index in [9.17, 15) is 4.39 Å². The van der Waals surface area contributed by atoms with Gasteiger partial charge in [-0.05, 0) is 42.8 Å². The van der Waals surface area contributed by atoms with E-state index in [1.54, 1.807) is 12.1 Å². The highest BCUT2D eigenvalue weighted by Crippen LogP contribution is 2.18. The van der Waals surface area contributed by atoms with E-state index in [4.69, 9.17) is 9.15 Å². The van der Waals surface area contributed by atoms with Crippen molar-refractivity contribution in [1.82, 2.24) is 5.32 Å². The van der Waals surface area contributed by atoms with E-state index in [1.807, 2.05) is 13.0 Å². The fourth-order valence-corrected chi connectivity index (χ4v) is 1.82. The molecule has 0 unspecified atom stereocenters. The first-order chi connectivity index (χ1) is 9.54. The van der Waals surface area contributed by atoms with Crippen molar-refractivity contribution in [3.63, 3.8) is 0 Å². The molecule has 0 aliphatic carbocycles. The predicted octanol–water partition coefficient (Wildman–Crippen LogP) is 3.80. The van der Waals surface area contributed by atoms with E-state index in [0.29, 0.717) is 24.9 Å². The number of hydrogen-bond acceptors (Lipinski definition) is 3. The minimum absolute atomic E-state index is 0.270. The van der Waals surface area contributed by atoms with E-state index in [0.717, 1.165) is 17.1 Å². The summed E-state index contributed by atoms with van der Waals surface area (Å²) in [5, 5.41) is 3.32. The van der Waals surface area contributed by atoms with Gasteiger partial charge in [-0.3, -0.25) is 0 Å². The Kier molecular flexibility index (Phi) is 4.79. The summed E-state index contributed by atoms with van der Waals surface area (Å²) in [5.74, 6) is 2.05. The van der Waals surface area contributed by atoms with E-state index in [1.165, 1.54) is 12.1 Å². The number of hydrogen-bond donors (Lipinski definition) is 1. The highest BCUT2D eigenvalue weighted by atomic mass is 19.1. The van der Waals surface area contributed by atoms with Gasteiger partial charge >= 0.3 is 0 Å². The molecule has 0 amide bonds. The molecule has 1 heterocycles. The highest BCUT2D eigenvalue weighted by Gasteiger charge is 2.08.